The lowest BCUT2D eigenvalue weighted by molar-refractivity contribution is -0.124. The minimum absolute atomic E-state index is 0.145. The van der Waals surface area contributed by atoms with E-state index >= 15 is 0 Å². The van der Waals surface area contributed by atoms with Crippen LogP contribution in [0.1, 0.15) is 37.7 Å². The number of benzene rings is 1. The summed E-state index contributed by atoms with van der Waals surface area (Å²) in [6, 6.07) is 5.01. The van der Waals surface area contributed by atoms with E-state index in [4.69, 9.17) is 4.74 Å². The number of hydrogen-bond donors (Lipinski definition) is 2. The Balaban J connectivity index is 1.88. The van der Waals surface area contributed by atoms with Gasteiger partial charge in [0.05, 0.1) is 0 Å². The van der Waals surface area contributed by atoms with E-state index in [1.165, 1.54) is 12.5 Å². The molecule has 1 aromatic carbocycles. The third kappa shape index (κ3) is 4.70. The van der Waals surface area contributed by atoms with Gasteiger partial charge in [0, 0.05) is 18.2 Å². The fourth-order valence-corrected chi connectivity index (χ4v) is 2.70. The lowest BCUT2D eigenvalue weighted by atomic mass is 9.95. The van der Waals surface area contributed by atoms with Crippen LogP contribution in [0.3, 0.4) is 0 Å². The second-order valence-electron chi connectivity index (χ2n) is 5.45. The number of rotatable bonds is 6. The first-order chi connectivity index (χ1) is 10.2. The molecule has 4 nitrogen and oxygen atoms in total. The van der Waals surface area contributed by atoms with Gasteiger partial charge >= 0.3 is 0 Å². The van der Waals surface area contributed by atoms with Gasteiger partial charge in [-0.05, 0) is 26.0 Å². The first kappa shape index (κ1) is 15.8. The highest BCUT2D eigenvalue weighted by atomic mass is 19.1. The van der Waals surface area contributed by atoms with Crippen molar-refractivity contribution in [3.8, 4) is 5.75 Å². The number of amides is 1. The molecule has 0 bridgehead atoms. The molecule has 0 heterocycles. The third-order valence-corrected chi connectivity index (χ3v) is 3.73. The van der Waals surface area contributed by atoms with Gasteiger partial charge in [-0.2, -0.15) is 0 Å². The molecule has 116 valence electrons. The maximum Gasteiger partial charge on any atom is 0.258 e. The molecule has 1 aliphatic carbocycles. The van der Waals surface area contributed by atoms with Crippen LogP contribution in [-0.4, -0.2) is 25.6 Å². The highest BCUT2D eigenvalue weighted by Crippen LogP contribution is 2.22. The lowest BCUT2D eigenvalue weighted by Gasteiger charge is -2.22. The van der Waals surface area contributed by atoms with Crippen LogP contribution in [0.5, 0.6) is 5.75 Å². The van der Waals surface area contributed by atoms with Gasteiger partial charge in [-0.25, -0.2) is 4.39 Å². The molecule has 0 aromatic heterocycles. The highest BCUT2D eigenvalue weighted by Gasteiger charge is 2.17. The van der Waals surface area contributed by atoms with Crippen LogP contribution in [-0.2, 0) is 11.3 Å². The quantitative estimate of drug-likeness (QED) is 0.847. The molecule has 21 heavy (non-hydrogen) atoms. The number of nitrogens with one attached hydrogen (secondary N) is 2. The largest absolute Gasteiger partial charge is 0.480 e. The van der Waals surface area contributed by atoms with E-state index in [-0.39, 0.29) is 24.3 Å². The van der Waals surface area contributed by atoms with Gasteiger partial charge in [0.1, 0.15) is 0 Å². The van der Waals surface area contributed by atoms with Crippen molar-refractivity contribution in [1.82, 2.24) is 10.6 Å². The normalized spacial score (nSPS) is 15.7. The van der Waals surface area contributed by atoms with Gasteiger partial charge in [-0.15, -0.1) is 0 Å². The molecule has 1 saturated carbocycles. The monoisotopic (exact) mass is 294 g/mol. The summed E-state index contributed by atoms with van der Waals surface area (Å²) in [6.45, 7) is 0.353. The Morgan fingerprint density at radius 2 is 2.10 bits per heavy atom. The summed E-state index contributed by atoms with van der Waals surface area (Å²) >= 11 is 0. The van der Waals surface area contributed by atoms with Crippen LogP contribution < -0.4 is 15.4 Å². The smallest absolute Gasteiger partial charge is 0.258 e. The first-order valence-corrected chi connectivity index (χ1v) is 7.55. The minimum atomic E-state index is -0.437. The van der Waals surface area contributed by atoms with E-state index < -0.39 is 5.82 Å². The van der Waals surface area contributed by atoms with E-state index in [0.29, 0.717) is 12.1 Å². The fraction of sp³-hybridized carbons (Fsp3) is 0.562. The second kappa shape index (κ2) is 7.98. The van der Waals surface area contributed by atoms with E-state index in [2.05, 4.69) is 10.6 Å². The summed E-state index contributed by atoms with van der Waals surface area (Å²) in [7, 11) is 1.78. The molecule has 1 aliphatic rings. The van der Waals surface area contributed by atoms with E-state index in [1.807, 2.05) is 0 Å². The molecule has 1 aromatic rings. The molecule has 2 N–H and O–H groups in total. The third-order valence-electron chi connectivity index (χ3n) is 3.73. The van der Waals surface area contributed by atoms with Crippen LogP contribution >= 0.6 is 0 Å². The number of halogens is 1. The Morgan fingerprint density at radius 1 is 1.33 bits per heavy atom. The topological polar surface area (TPSA) is 50.4 Å². The van der Waals surface area contributed by atoms with Gasteiger partial charge in [0.25, 0.3) is 5.91 Å². The standard InChI is InChI=1S/C16H23FN2O2/c1-18-10-12-6-5-9-14(17)16(12)21-11-15(20)19-13-7-3-2-4-8-13/h5-6,9,13,18H,2-4,7-8,10-11H2,1H3,(H,19,20). The molecular formula is C16H23FN2O2. The maximum atomic E-state index is 13.8. The number of hydrogen-bond acceptors (Lipinski definition) is 3. The number of ether oxygens (including phenoxy) is 1. The Bertz CT molecular complexity index is 473. The zero-order valence-electron chi connectivity index (χ0n) is 12.5. The minimum Gasteiger partial charge on any atom is -0.480 e. The predicted octanol–water partition coefficient (Wildman–Crippen LogP) is 2.37. The first-order valence-electron chi connectivity index (χ1n) is 7.55. The zero-order chi connectivity index (χ0) is 15.1. The number of carbonyl (C=O) groups is 1. The van der Waals surface area contributed by atoms with Crippen LogP contribution in [0.4, 0.5) is 4.39 Å². The average Bonchev–Trinajstić information content (AvgIpc) is 2.48. The number of carbonyl (C=O) groups excluding carboxylic acids is 1. The van der Waals surface area contributed by atoms with Gasteiger partial charge in [0.2, 0.25) is 0 Å². The highest BCUT2D eigenvalue weighted by molar-refractivity contribution is 5.77. The Kier molecular flexibility index (Phi) is 5.99. The van der Waals surface area contributed by atoms with Crippen molar-refractivity contribution in [2.75, 3.05) is 13.7 Å². The molecule has 1 fully saturated rings. The molecule has 0 aliphatic heterocycles. The fourth-order valence-electron chi connectivity index (χ4n) is 2.70. The molecule has 0 spiro atoms. The Morgan fingerprint density at radius 3 is 2.81 bits per heavy atom. The summed E-state index contributed by atoms with van der Waals surface area (Å²) in [5, 5.41) is 5.92. The summed E-state index contributed by atoms with van der Waals surface area (Å²) in [4.78, 5) is 11.9. The predicted molar refractivity (Wildman–Crippen MR) is 79.7 cm³/mol. The molecule has 0 unspecified atom stereocenters. The molecule has 1 amide bonds. The Hall–Kier alpha value is -1.62. The van der Waals surface area contributed by atoms with Crippen molar-refractivity contribution in [2.24, 2.45) is 0 Å². The summed E-state index contributed by atoms with van der Waals surface area (Å²) in [6.07, 6.45) is 5.61. The van der Waals surface area contributed by atoms with Crippen molar-refractivity contribution in [2.45, 2.75) is 44.7 Å². The van der Waals surface area contributed by atoms with Gasteiger partial charge in [-0.1, -0.05) is 31.4 Å². The van der Waals surface area contributed by atoms with Crippen molar-refractivity contribution in [3.63, 3.8) is 0 Å². The van der Waals surface area contributed by atoms with Gasteiger partial charge in [0.15, 0.2) is 18.2 Å². The van der Waals surface area contributed by atoms with Crippen molar-refractivity contribution >= 4 is 5.91 Å². The van der Waals surface area contributed by atoms with Crippen molar-refractivity contribution in [3.05, 3.63) is 29.6 Å². The van der Waals surface area contributed by atoms with Crippen molar-refractivity contribution in [1.29, 1.82) is 0 Å². The van der Waals surface area contributed by atoms with Crippen molar-refractivity contribution < 1.29 is 13.9 Å². The van der Waals surface area contributed by atoms with Gasteiger partial charge < -0.3 is 15.4 Å². The molecule has 0 radical (unpaired) electrons. The average molecular weight is 294 g/mol. The van der Waals surface area contributed by atoms with E-state index in [9.17, 15) is 9.18 Å². The lowest BCUT2D eigenvalue weighted by Crippen LogP contribution is -2.39. The van der Waals surface area contributed by atoms with Gasteiger partial charge in [-0.3, -0.25) is 4.79 Å². The molecule has 0 saturated heterocycles. The molecular weight excluding hydrogens is 271 g/mol. The zero-order valence-corrected chi connectivity index (χ0v) is 12.5. The molecule has 2 rings (SSSR count). The van der Waals surface area contributed by atoms with E-state index in [1.54, 1.807) is 19.2 Å². The molecule has 0 atom stereocenters. The number of para-hydroxylation sites is 1. The summed E-state index contributed by atoms with van der Waals surface area (Å²) < 4.78 is 19.2. The summed E-state index contributed by atoms with van der Waals surface area (Å²) in [5.74, 6) is -0.459. The SMILES string of the molecule is CNCc1cccc(F)c1OCC(=O)NC1CCCCC1. The second-order valence-corrected chi connectivity index (χ2v) is 5.45. The molecule has 5 heteroatoms. The maximum absolute atomic E-state index is 13.8. The van der Waals surface area contributed by atoms with Crippen LogP contribution in [0.2, 0.25) is 0 Å². The van der Waals surface area contributed by atoms with Crippen LogP contribution in [0, 0.1) is 5.82 Å². The van der Waals surface area contributed by atoms with E-state index in [0.717, 1.165) is 25.7 Å². The van der Waals surface area contributed by atoms with Crippen LogP contribution in [0.15, 0.2) is 18.2 Å². The summed E-state index contributed by atoms with van der Waals surface area (Å²) in [5.41, 5.74) is 0.711. The van der Waals surface area contributed by atoms with Crippen LogP contribution in [0.25, 0.3) is 0 Å². The Labute approximate surface area is 125 Å².